The Morgan fingerprint density at radius 2 is 1.87 bits per heavy atom. The molecule has 3 heterocycles. The number of H-pyrrole nitrogens is 1. The summed E-state index contributed by atoms with van der Waals surface area (Å²) in [5.41, 5.74) is 3.98. The highest BCUT2D eigenvalue weighted by Gasteiger charge is 2.13. The summed E-state index contributed by atoms with van der Waals surface area (Å²) < 4.78 is 1.78. The number of nitrogens with zero attached hydrogens (tertiary/aromatic N) is 4. The first-order chi connectivity index (χ1) is 15.3. The number of fused-ring (bicyclic) bond motifs is 2. The molecule has 1 amide bonds. The van der Waals surface area contributed by atoms with Gasteiger partial charge in [0, 0.05) is 23.6 Å². The summed E-state index contributed by atoms with van der Waals surface area (Å²) in [6.07, 6.45) is 6.05. The van der Waals surface area contributed by atoms with Crippen molar-refractivity contribution in [1.82, 2.24) is 30.0 Å². The molecular formula is C23H20N6OS. The number of benzene rings is 2. The van der Waals surface area contributed by atoms with Gasteiger partial charge >= 0.3 is 0 Å². The molecule has 5 rings (SSSR count). The van der Waals surface area contributed by atoms with Gasteiger partial charge < -0.3 is 10.3 Å². The molecule has 0 fully saturated rings. The van der Waals surface area contributed by atoms with E-state index in [0.29, 0.717) is 6.54 Å². The minimum Gasteiger partial charge on any atom is -0.361 e. The van der Waals surface area contributed by atoms with E-state index in [1.165, 1.54) is 29.0 Å². The van der Waals surface area contributed by atoms with Gasteiger partial charge in [-0.15, -0.1) is 0 Å². The highest BCUT2D eigenvalue weighted by Crippen LogP contribution is 2.25. The standard InChI is InChI=1S/C23H20N6OS/c30-21(24-11-10-16-12-25-20-9-5-4-8-18(16)20)14-31-23-19-13-28-29(22(19)26-15-27-23)17-6-2-1-3-7-17/h1-9,12-13,15,25H,10-11,14H2,(H,24,30). The van der Waals surface area contributed by atoms with Crippen LogP contribution in [0.5, 0.6) is 0 Å². The average molecular weight is 429 g/mol. The molecule has 0 spiro atoms. The zero-order chi connectivity index (χ0) is 21.0. The van der Waals surface area contributed by atoms with Crippen LogP contribution in [-0.2, 0) is 11.2 Å². The van der Waals surface area contributed by atoms with E-state index in [1.807, 2.05) is 48.7 Å². The summed E-state index contributed by atoms with van der Waals surface area (Å²) in [4.78, 5) is 24.4. The molecule has 2 aromatic carbocycles. The number of thioether (sulfide) groups is 1. The number of para-hydroxylation sites is 2. The Hall–Kier alpha value is -3.65. The molecule has 0 saturated heterocycles. The smallest absolute Gasteiger partial charge is 0.230 e. The maximum absolute atomic E-state index is 12.4. The Bertz CT molecular complexity index is 1340. The van der Waals surface area contributed by atoms with E-state index in [9.17, 15) is 4.79 Å². The van der Waals surface area contributed by atoms with E-state index in [2.05, 4.69) is 37.5 Å². The summed E-state index contributed by atoms with van der Waals surface area (Å²) in [6.45, 7) is 0.590. The fourth-order valence-corrected chi connectivity index (χ4v) is 4.35. The molecule has 0 aliphatic rings. The highest BCUT2D eigenvalue weighted by atomic mass is 32.2. The summed E-state index contributed by atoms with van der Waals surface area (Å²) in [5, 5.41) is 10.2. The third kappa shape index (κ3) is 4.02. The van der Waals surface area contributed by atoms with E-state index in [0.717, 1.165) is 33.7 Å². The largest absolute Gasteiger partial charge is 0.361 e. The topological polar surface area (TPSA) is 88.5 Å². The zero-order valence-corrected chi connectivity index (χ0v) is 17.5. The first-order valence-electron chi connectivity index (χ1n) is 9.98. The molecule has 154 valence electrons. The molecule has 0 aliphatic carbocycles. The van der Waals surface area contributed by atoms with Crippen LogP contribution < -0.4 is 5.32 Å². The first-order valence-corrected chi connectivity index (χ1v) is 11.0. The normalized spacial score (nSPS) is 11.2. The Balaban J connectivity index is 1.21. The maximum atomic E-state index is 12.4. The van der Waals surface area contributed by atoms with Crippen molar-refractivity contribution in [3.8, 4) is 5.69 Å². The van der Waals surface area contributed by atoms with Crippen LogP contribution in [0.15, 0.2) is 78.3 Å². The van der Waals surface area contributed by atoms with Crippen molar-refractivity contribution in [1.29, 1.82) is 0 Å². The van der Waals surface area contributed by atoms with Crippen LogP contribution in [0.4, 0.5) is 0 Å². The van der Waals surface area contributed by atoms with Gasteiger partial charge in [0.15, 0.2) is 5.65 Å². The lowest BCUT2D eigenvalue weighted by Crippen LogP contribution is -2.27. The lowest BCUT2D eigenvalue weighted by atomic mass is 10.1. The molecule has 0 aliphatic heterocycles. The molecule has 0 saturated carbocycles. The predicted molar refractivity (Wildman–Crippen MR) is 122 cm³/mol. The van der Waals surface area contributed by atoms with Crippen molar-refractivity contribution in [2.45, 2.75) is 11.4 Å². The van der Waals surface area contributed by atoms with E-state index in [-0.39, 0.29) is 11.7 Å². The third-order valence-corrected chi connectivity index (χ3v) is 6.07. The van der Waals surface area contributed by atoms with Gasteiger partial charge in [-0.1, -0.05) is 48.2 Å². The van der Waals surface area contributed by atoms with Crippen molar-refractivity contribution >= 4 is 39.6 Å². The second-order valence-corrected chi connectivity index (χ2v) is 8.02. The molecular weight excluding hydrogens is 408 g/mol. The lowest BCUT2D eigenvalue weighted by molar-refractivity contribution is -0.118. The van der Waals surface area contributed by atoms with Crippen LogP contribution in [0.1, 0.15) is 5.56 Å². The zero-order valence-electron chi connectivity index (χ0n) is 16.7. The van der Waals surface area contributed by atoms with Crippen molar-refractivity contribution in [2.75, 3.05) is 12.3 Å². The summed E-state index contributed by atoms with van der Waals surface area (Å²) in [7, 11) is 0. The van der Waals surface area contributed by atoms with E-state index in [1.54, 1.807) is 10.9 Å². The van der Waals surface area contributed by atoms with Crippen LogP contribution in [-0.4, -0.2) is 42.9 Å². The lowest BCUT2D eigenvalue weighted by Gasteiger charge is -2.06. The number of rotatable bonds is 7. The van der Waals surface area contributed by atoms with Crippen LogP contribution in [0.25, 0.3) is 27.6 Å². The van der Waals surface area contributed by atoms with Gasteiger partial charge in [-0.3, -0.25) is 4.79 Å². The number of amides is 1. The van der Waals surface area contributed by atoms with Gasteiger partial charge in [0.2, 0.25) is 5.91 Å². The monoisotopic (exact) mass is 428 g/mol. The van der Waals surface area contributed by atoms with Crippen LogP contribution >= 0.6 is 11.8 Å². The second-order valence-electron chi connectivity index (χ2n) is 7.06. The molecule has 0 atom stereocenters. The highest BCUT2D eigenvalue weighted by molar-refractivity contribution is 8.00. The van der Waals surface area contributed by atoms with Gasteiger partial charge in [0.25, 0.3) is 0 Å². The van der Waals surface area contributed by atoms with E-state index in [4.69, 9.17) is 0 Å². The Labute approximate surface area is 182 Å². The minimum atomic E-state index is -0.0212. The number of nitrogens with one attached hydrogen (secondary N) is 2. The number of hydrogen-bond acceptors (Lipinski definition) is 5. The van der Waals surface area contributed by atoms with Crippen molar-refractivity contribution in [2.24, 2.45) is 0 Å². The molecule has 0 bridgehead atoms. The maximum Gasteiger partial charge on any atom is 0.230 e. The molecule has 3 aromatic heterocycles. The van der Waals surface area contributed by atoms with E-state index >= 15 is 0 Å². The first kappa shape index (κ1) is 19.3. The molecule has 2 N–H and O–H groups in total. The number of carbonyl (C=O) groups is 1. The minimum absolute atomic E-state index is 0.0212. The Kier molecular flexibility index (Phi) is 5.37. The third-order valence-electron chi connectivity index (χ3n) is 5.06. The average Bonchev–Trinajstić information content (AvgIpc) is 3.43. The van der Waals surface area contributed by atoms with Gasteiger partial charge in [0.05, 0.1) is 23.0 Å². The van der Waals surface area contributed by atoms with Gasteiger partial charge in [0.1, 0.15) is 11.4 Å². The van der Waals surface area contributed by atoms with Crippen molar-refractivity contribution in [3.05, 3.63) is 78.9 Å². The summed E-state index contributed by atoms with van der Waals surface area (Å²) >= 11 is 1.39. The quantitative estimate of drug-likeness (QED) is 0.304. The number of aromatic nitrogens is 5. The fraction of sp³-hybridized carbons (Fsp3) is 0.130. The molecule has 5 aromatic rings. The fourth-order valence-electron chi connectivity index (χ4n) is 3.56. The molecule has 31 heavy (non-hydrogen) atoms. The van der Waals surface area contributed by atoms with Crippen LogP contribution in [0.2, 0.25) is 0 Å². The van der Waals surface area contributed by atoms with Crippen molar-refractivity contribution in [3.63, 3.8) is 0 Å². The Morgan fingerprint density at radius 1 is 1.03 bits per heavy atom. The number of aromatic amines is 1. The SMILES string of the molecule is O=C(CSc1ncnc2c1cnn2-c1ccccc1)NCCc1c[nH]c2ccccc12. The second kappa shape index (κ2) is 8.61. The van der Waals surface area contributed by atoms with Gasteiger partial charge in [-0.2, -0.15) is 5.10 Å². The molecule has 7 nitrogen and oxygen atoms in total. The number of hydrogen-bond donors (Lipinski definition) is 2. The van der Waals surface area contributed by atoms with Gasteiger partial charge in [-0.25, -0.2) is 14.6 Å². The predicted octanol–water partition coefficient (Wildman–Crippen LogP) is 3.75. The summed E-state index contributed by atoms with van der Waals surface area (Å²) in [6, 6.07) is 18.0. The van der Waals surface area contributed by atoms with E-state index < -0.39 is 0 Å². The molecule has 0 radical (unpaired) electrons. The van der Waals surface area contributed by atoms with Crippen LogP contribution in [0.3, 0.4) is 0 Å². The summed E-state index contributed by atoms with van der Waals surface area (Å²) in [5.74, 6) is 0.267. The van der Waals surface area contributed by atoms with Crippen LogP contribution in [0, 0.1) is 0 Å². The number of carbonyl (C=O) groups excluding carboxylic acids is 1. The Morgan fingerprint density at radius 3 is 2.77 bits per heavy atom. The molecule has 8 heteroatoms. The van der Waals surface area contributed by atoms with Crippen molar-refractivity contribution < 1.29 is 4.79 Å². The van der Waals surface area contributed by atoms with Gasteiger partial charge in [-0.05, 0) is 30.2 Å². The molecule has 0 unspecified atom stereocenters.